The van der Waals surface area contributed by atoms with Crippen LogP contribution in [0.1, 0.15) is 51.2 Å². The molecule has 0 saturated carbocycles. The van der Waals surface area contributed by atoms with Crippen LogP contribution in [0.25, 0.3) is 0 Å². The number of piperidine rings is 1. The van der Waals surface area contributed by atoms with Gasteiger partial charge in [0.2, 0.25) is 0 Å². The van der Waals surface area contributed by atoms with Crippen LogP contribution in [-0.4, -0.2) is 24.8 Å². The van der Waals surface area contributed by atoms with E-state index in [2.05, 4.69) is 41.8 Å². The van der Waals surface area contributed by atoms with E-state index in [1.807, 2.05) is 20.8 Å². The van der Waals surface area contributed by atoms with Gasteiger partial charge in [-0.05, 0) is 64.6 Å². The van der Waals surface area contributed by atoms with Crippen LogP contribution >= 0.6 is 0 Å². The van der Waals surface area contributed by atoms with Crippen molar-refractivity contribution in [2.24, 2.45) is 0 Å². The maximum absolute atomic E-state index is 12.0. The molecule has 0 aliphatic carbocycles. The summed E-state index contributed by atoms with van der Waals surface area (Å²) in [7, 11) is 0. The molecule has 4 heteroatoms. The highest BCUT2D eigenvalue weighted by Gasteiger charge is 2.35. The summed E-state index contributed by atoms with van der Waals surface area (Å²) < 4.78 is 5.36. The molecule has 1 aliphatic rings. The molecule has 1 aliphatic heterocycles. The molecule has 2 rings (SSSR count). The van der Waals surface area contributed by atoms with E-state index in [1.54, 1.807) is 0 Å². The number of aryl methyl sites for hydroxylation is 1. The molecule has 2 N–H and O–H groups in total. The largest absolute Gasteiger partial charge is 0.444 e. The zero-order valence-electron chi connectivity index (χ0n) is 14.2. The molecule has 0 radical (unpaired) electrons. The molecule has 1 fully saturated rings. The lowest BCUT2D eigenvalue weighted by Crippen LogP contribution is -2.54. The first kappa shape index (κ1) is 16.8. The van der Waals surface area contributed by atoms with Crippen LogP contribution in [0.4, 0.5) is 4.79 Å². The predicted octanol–water partition coefficient (Wildman–Crippen LogP) is 3.49. The van der Waals surface area contributed by atoms with E-state index in [-0.39, 0.29) is 11.6 Å². The normalized spacial score (nSPS) is 22.2. The van der Waals surface area contributed by atoms with Crippen LogP contribution in [0, 0.1) is 6.92 Å². The maximum atomic E-state index is 12.0. The molecule has 1 atom stereocenters. The number of carbonyl (C=O) groups is 1. The number of hydrogen-bond acceptors (Lipinski definition) is 3. The van der Waals surface area contributed by atoms with Gasteiger partial charge in [0.15, 0.2) is 0 Å². The average molecular weight is 304 g/mol. The van der Waals surface area contributed by atoms with Crippen molar-refractivity contribution in [3.05, 3.63) is 35.4 Å². The summed E-state index contributed by atoms with van der Waals surface area (Å²) in [6, 6.07) is 8.40. The van der Waals surface area contributed by atoms with Crippen molar-refractivity contribution in [2.45, 2.75) is 58.1 Å². The number of benzene rings is 1. The lowest BCUT2D eigenvalue weighted by atomic mass is 9.80. The van der Waals surface area contributed by atoms with Crippen molar-refractivity contribution < 1.29 is 9.53 Å². The molecule has 1 saturated heterocycles. The highest BCUT2D eigenvalue weighted by Crippen LogP contribution is 2.32. The van der Waals surface area contributed by atoms with E-state index in [1.165, 1.54) is 17.5 Å². The Hall–Kier alpha value is -1.55. The molecule has 1 aromatic carbocycles. The second kappa shape index (κ2) is 6.69. The fourth-order valence-corrected chi connectivity index (χ4v) is 3.09. The predicted molar refractivity (Wildman–Crippen MR) is 88.9 cm³/mol. The smallest absolute Gasteiger partial charge is 0.407 e. The topological polar surface area (TPSA) is 50.4 Å². The first-order valence-electron chi connectivity index (χ1n) is 8.10. The van der Waals surface area contributed by atoms with Gasteiger partial charge < -0.3 is 15.4 Å². The molecule has 4 nitrogen and oxygen atoms in total. The van der Waals surface area contributed by atoms with Crippen LogP contribution in [0.2, 0.25) is 0 Å². The minimum absolute atomic E-state index is 0.194. The summed E-state index contributed by atoms with van der Waals surface area (Å²) in [6.07, 6.45) is 3.01. The zero-order valence-corrected chi connectivity index (χ0v) is 14.2. The highest BCUT2D eigenvalue weighted by atomic mass is 16.6. The number of nitrogens with one attached hydrogen (secondary N) is 2. The second-order valence-electron chi connectivity index (χ2n) is 7.14. The van der Waals surface area contributed by atoms with Crippen LogP contribution in [0.15, 0.2) is 24.3 Å². The van der Waals surface area contributed by atoms with Gasteiger partial charge in [-0.1, -0.05) is 24.3 Å². The minimum Gasteiger partial charge on any atom is -0.444 e. The lowest BCUT2D eigenvalue weighted by Gasteiger charge is -2.40. The van der Waals surface area contributed by atoms with Crippen LogP contribution < -0.4 is 10.6 Å². The van der Waals surface area contributed by atoms with Gasteiger partial charge in [-0.15, -0.1) is 0 Å². The Morgan fingerprint density at radius 3 is 2.64 bits per heavy atom. The van der Waals surface area contributed by atoms with Crippen molar-refractivity contribution in [3.63, 3.8) is 0 Å². The number of hydrogen-bond donors (Lipinski definition) is 2. The third kappa shape index (κ3) is 4.23. The van der Waals surface area contributed by atoms with Gasteiger partial charge in [0.1, 0.15) is 5.60 Å². The molecule has 0 bridgehead atoms. The summed E-state index contributed by atoms with van der Waals surface area (Å²) in [5.74, 6) is 0. The van der Waals surface area contributed by atoms with Crippen molar-refractivity contribution in [1.82, 2.24) is 10.6 Å². The summed E-state index contributed by atoms with van der Waals surface area (Å²) in [5, 5.41) is 6.59. The molecular formula is C18H28N2O2. The fraction of sp³-hybridized carbons (Fsp3) is 0.611. The average Bonchev–Trinajstić information content (AvgIpc) is 2.45. The fourth-order valence-electron chi connectivity index (χ4n) is 3.09. The molecule has 1 unspecified atom stereocenters. The summed E-state index contributed by atoms with van der Waals surface area (Å²) in [5.41, 5.74) is 1.86. The standard InChI is InChI=1S/C18H28N2O2/c1-14-9-5-6-10-15(14)18(11-7-8-12-20-18)13-19-16(21)22-17(2,3)4/h5-6,9-10,20H,7-8,11-13H2,1-4H3,(H,19,21). The van der Waals surface area contributed by atoms with E-state index >= 15 is 0 Å². The van der Waals surface area contributed by atoms with Crippen molar-refractivity contribution in [2.75, 3.05) is 13.1 Å². The van der Waals surface area contributed by atoms with E-state index in [0.717, 1.165) is 19.4 Å². The van der Waals surface area contributed by atoms with Gasteiger partial charge in [-0.2, -0.15) is 0 Å². The Morgan fingerprint density at radius 2 is 2.05 bits per heavy atom. The van der Waals surface area contributed by atoms with Gasteiger partial charge in [0.25, 0.3) is 0 Å². The lowest BCUT2D eigenvalue weighted by molar-refractivity contribution is 0.0502. The Kier molecular flexibility index (Phi) is 5.12. The van der Waals surface area contributed by atoms with E-state index in [4.69, 9.17) is 4.74 Å². The number of amides is 1. The molecule has 22 heavy (non-hydrogen) atoms. The summed E-state index contributed by atoms with van der Waals surface area (Å²) in [4.78, 5) is 12.0. The van der Waals surface area contributed by atoms with Gasteiger partial charge in [0, 0.05) is 6.54 Å². The summed E-state index contributed by atoms with van der Waals surface area (Å²) >= 11 is 0. The van der Waals surface area contributed by atoms with Gasteiger partial charge in [-0.3, -0.25) is 0 Å². The van der Waals surface area contributed by atoms with Crippen LogP contribution in [-0.2, 0) is 10.3 Å². The highest BCUT2D eigenvalue weighted by molar-refractivity contribution is 5.67. The Morgan fingerprint density at radius 1 is 1.32 bits per heavy atom. The third-order valence-electron chi connectivity index (χ3n) is 4.09. The van der Waals surface area contributed by atoms with Crippen molar-refractivity contribution in [3.8, 4) is 0 Å². The minimum atomic E-state index is -0.472. The molecule has 0 aromatic heterocycles. The molecular weight excluding hydrogens is 276 g/mol. The molecule has 1 heterocycles. The maximum Gasteiger partial charge on any atom is 0.407 e. The molecule has 122 valence electrons. The quantitative estimate of drug-likeness (QED) is 0.899. The van der Waals surface area contributed by atoms with Gasteiger partial charge >= 0.3 is 6.09 Å². The number of rotatable bonds is 3. The van der Waals surface area contributed by atoms with Gasteiger partial charge in [0.05, 0.1) is 5.54 Å². The SMILES string of the molecule is Cc1ccccc1C1(CNC(=O)OC(C)(C)C)CCCCN1. The van der Waals surface area contributed by atoms with Gasteiger partial charge in [-0.25, -0.2) is 4.79 Å². The van der Waals surface area contributed by atoms with E-state index in [0.29, 0.717) is 6.54 Å². The van der Waals surface area contributed by atoms with Crippen molar-refractivity contribution in [1.29, 1.82) is 0 Å². The Balaban J connectivity index is 2.13. The van der Waals surface area contributed by atoms with E-state index < -0.39 is 5.60 Å². The second-order valence-corrected chi connectivity index (χ2v) is 7.14. The first-order valence-corrected chi connectivity index (χ1v) is 8.10. The Labute approximate surface area is 133 Å². The zero-order chi connectivity index (χ0) is 16.2. The van der Waals surface area contributed by atoms with Crippen LogP contribution in [0.5, 0.6) is 0 Å². The number of ether oxygens (including phenoxy) is 1. The summed E-state index contributed by atoms with van der Waals surface area (Å²) in [6.45, 7) is 9.28. The molecule has 0 spiro atoms. The van der Waals surface area contributed by atoms with Crippen molar-refractivity contribution >= 4 is 6.09 Å². The monoisotopic (exact) mass is 304 g/mol. The van der Waals surface area contributed by atoms with Crippen LogP contribution in [0.3, 0.4) is 0 Å². The first-order chi connectivity index (χ1) is 10.3. The third-order valence-corrected chi connectivity index (χ3v) is 4.09. The van der Waals surface area contributed by atoms with E-state index in [9.17, 15) is 4.79 Å². The Bertz CT molecular complexity index is 514. The molecule has 1 aromatic rings. The molecule has 1 amide bonds. The number of carbonyl (C=O) groups excluding carboxylic acids is 1. The number of alkyl carbamates (subject to hydrolysis) is 1.